The van der Waals surface area contributed by atoms with Gasteiger partial charge in [0, 0.05) is 45.9 Å². The Morgan fingerprint density at radius 3 is 2.27 bits per heavy atom. The lowest BCUT2D eigenvalue weighted by Crippen LogP contribution is -2.48. The van der Waals surface area contributed by atoms with Crippen molar-refractivity contribution >= 4 is 11.6 Å². The summed E-state index contributed by atoms with van der Waals surface area (Å²) >= 11 is 0. The van der Waals surface area contributed by atoms with Crippen molar-refractivity contribution in [3.8, 4) is 0 Å². The molecule has 1 aliphatic carbocycles. The van der Waals surface area contributed by atoms with E-state index in [1.807, 2.05) is 23.2 Å². The minimum atomic E-state index is -0.910. The van der Waals surface area contributed by atoms with E-state index in [0.717, 1.165) is 37.6 Å². The first-order valence-corrected chi connectivity index (χ1v) is 9.47. The van der Waals surface area contributed by atoms with Crippen molar-refractivity contribution in [2.45, 2.75) is 44.0 Å². The Bertz CT molecular complexity index is 639. The molecule has 1 saturated carbocycles. The average Bonchev–Trinajstić information content (AvgIpc) is 3.13. The maximum atomic E-state index is 11.4. The molecule has 0 bridgehead atoms. The van der Waals surface area contributed by atoms with E-state index in [9.17, 15) is 9.90 Å². The monoisotopic (exact) mass is 361 g/mol. The molecule has 7 nitrogen and oxygen atoms in total. The highest BCUT2D eigenvalue weighted by atomic mass is 16.7. The van der Waals surface area contributed by atoms with Crippen LogP contribution in [0.25, 0.3) is 0 Å². The summed E-state index contributed by atoms with van der Waals surface area (Å²) in [5, 5.41) is 11.1. The molecule has 0 aromatic carbocycles. The number of hydrogen-bond acceptors (Lipinski definition) is 6. The molecular formula is C19H27N3O4. The molecule has 0 radical (unpaired) electrons. The standard InChI is InChI=1S/C19H27N3O4/c1-15(23)21-8-10-22(11-9-21)16-2-3-17(20-14-16)18(24)4-6-19(7-5-18)25-12-13-26-19/h2-3,14,24H,4-13H2,1H3. The average molecular weight is 361 g/mol. The second kappa shape index (κ2) is 6.79. The SMILES string of the molecule is CC(=O)N1CCN(c2ccc(C3(O)CCC4(CC3)OCCO4)nc2)CC1. The molecule has 142 valence electrons. The molecule has 3 aliphatic rings. The molecule has 2 aliphatic heterocycles. The van der Waals surface area contributed by atoms with Gasteiger partial charge in [0.05, 0.1) is 30.8 Å². The van der Waals surface area contributed by atoms with Crippen LogP contribution >= 0.6 is 0 Å². The van der Waals surface area contributed by atoms with Gasteiger partial charge in [-0.25, -0.2) is 0 Å². The van der Waals surface area contributed by atoms with Crippen LogP contribution < -0.4 is 4.90 Å². The molecule has 7 heteroatoms. The van der Waals surface area contributed by atoms with Crippen LogP contribution in [0.1, 0.15) is 38.3 Å². The Kier molecular flexibility index (Phi) is 4.62. The molecule has 1 spiro atoms. The molecule has 1 aromatic heterocycles. The van der Waals surface area contributed by atoms with Crippen molar-refractivity contribution < 1.29 is 19.4 Å². The summed E-state index contributed by atoms with van der Waals surface area (Å²) in [6, 6.07) is 3.96. The quantitative estimate of drug-likeness (QED) is 0.855. The van der Waals surface area contributed by atoms with Gasteiger partial charge in [-0.2, -0.15) is 0 Å². The molecule has 4 rings (SSSR count). The van der Waals surface area contributed by atoms with E-state index in [1.165, 1.54) is 0 Å². The van der Waals surface area contributed by atoms with Crippen molar-refractivity contribution in [1.29, 1.82) is 0 Å². The summed E-state index contributed by atoms with van der Waals surface area (Å²) in [5.41, 5.74) is 0.846. The van der Waals surface area contributed by atoms with Crippen molar-refractivity contribution in [1.82, 2.24) is 9.88 Å². The highest BCUT2D eigenvalue weighted by molar-refractivity contribution is 5.73. The van der Waals surface area contributed by atoms with E-state index < -0.39 is 11.4 Å². The minimum Gasteiger partial charge on any atom is -0.384 e. The largest absolute Gasteiger partial charge is 0.384 e. The molecule has 1 aromatic rings. The Hall–Kier alpha value is -1.70. The Morgan fingerprint density at radius 2 is 1.73 bits per heavy atom. The number of ether oxygens (including phenoxy) is 2. The summed E-state index contributed by atoms with van der Waals surface area (Å²) in [4.78, 5) is 20.1. The van der Waals surface area contributed by atoms with Crippen molar-refractivity contribution in [3.05, 3.63) is 24.0 Å². The summed E-state index contributed by atoms with van der Waals surface area (Å²) in [6.07, 6.45) is 4.41. The predicted octanol–water partition coefficient (Wildman–Crippen LogP) is 1.25. The summed E-state index contributed by atoms with van der Waals surface area (Å²) < 4.78 is 11.5. The van der Waals surface area contributed by atoms with Gasteiger partial charge in [-0.3, -0.25) is 9.78 Å². The third-order valence-corrected chi connectivity index (χ3v) is 5.97. The van der Waals surface area contributed by atoms with E-state index in [1.54, 1.807) is 6.92 Å². The zero-order chi connectivity index (χ0) is 18.2. The first kappa shape index (κ1) is 17.7. The third kappa shape index (κ3) is 3.31. The maximum absolute atomic E-state index is 11.4. The van der Waals surface area contributed by atoms with E-state index in [-0.39, 0.29) is 5.91 Å². The van der Waals surface area contributed by atoms with Crippen LogP contribution in [0.3, 0.4) is 0 Å². The van der Waals surface area contributed by atoms with Gasteiger partial charge in [-0.15, -0.1) is 0 Å². The molecule has 26 heavy (non-hydrogen) atoms. The lowest BCUT2D eigenvalue weighted by Gasteiger charge is -2.40. The van der Waals surface area contributed by atoms with Crippen molar-refractivity contribution in [2.24, 2.45) is 0 Å². The number of carbonyl (C=O) groups excluding carboxylic acids is 1. The first-order chi connectivity index (χ1) is 12.5. The molecule has 3 heterocycles. The van der Waals surface area contributed by atoms with Crippen LogP contribution in [0, 0.1) is 0 Å². The molecule has 2 saturated heterocycles. The second-order valence-corrected chi connectivity index (χ2v) is 7.53. The first-order valence-electron chi connectivity index (χ1n) is 9.47. The smallest absolute Gasteiger partial charge is 0.219 e. The zero-order valence-electron chi connectivity index (χ0n) is 15.3. The van der Waals surface area contributed by atoms with Gasteiger partial charge in [0.25, 0.3) is 0 Å². The highest BCUT2D eigenvalue weighted by Gasteiger charge is 2.46. The number of rotatable bonds is 2. The summed E-state index contributed by atoms with van der Waals surface area (Å²) in [7, 11) is 0. The predicted molar refractivity (Wildman–Crippen MR) is 95.7 cm³/mol. The Labute approximate surface area is 153 Å². The van der Waals surface area contributed by atoms with Crippen LogP contribution in [0.2, 0.25) is 0 Å². The normalized spacial score (nSPS) is 24.8. The summed E-state index contributed by atoms with van der Waals surface area (Å²) in [6.45, 7) is 5.99. The number of carbonyl (C=O) groups is 1. The van der Waals surface area contributed by atoms with Gasteiger partial charge >= 0.3 is 0 Å². The van der Waals surface area contributed by atoms with Gasteiger partial charge in [0.2, 0.25) is 5.91 Å². The number of pyridine rings is 1. The lowest BCUT2D eigenvalue weighted by atomic mass is 9.79. The topological polar surface area (TPSA) is 75.1 Å². The van der Waals surface area contributed by atoms with Crippen LogP contribution in [0.4, 0.5) is 5.69 Å². The van der Waals surface area contributed by atoms with Crippen LogP contribution in [-0.2, 0) is 19.9 Å². The molecule has 1 N–H and O–H groups in total. The van der Waals surface area contributed by atoms with Gasteiger partial charge in [0.15, 0.2) is 5.79 Å². The van der Waals surface area contributed by atoms with E-state index in [4.69, 9.17) is 9.47 Å². The minimum absolute atomic E-state index is 0.130. The van der Waals surface area contributed by atoms with Crippen LogP contribution in [0.15, 0.2) is 18.3 Å². The van der Waals surface area contributed by atoms with Gasteiger partial charge < -0.3 is 24.4 Å². The molecular weight excluding hydrogens is 334 g/mol. The molecule has 0 unspecified atom stereocenters. The maximum Gasteiger partial charge on any atom is 0.219 e. The molecule has 3 fully saturated rings. The second-order valence-electron chi connectivity index (χ2n) is 7.53. The van der Waals surface area contributed by atoms with Gasteiger partial charge in [-0.05, 0) is 25.0 Å². The fraction of sp³-hybridized carbons (Fsp3) is 0.684. The fourth-order valence-electron chi connectivity index (χ4n) is 4.21. The lowest BCUT2D eigenvalue weighted by molar-refractivity contribution is -0.204. The number of piperazine rings is 1. The van der Waals surface area contributed by atoms with E-state index in [2.05, 4.69) is 9.88 Å². The third-order valence-electron chi connectivity index (χ3n) is 5.97. The number of nitrogens with zero attached hydrogens (tertiary/aromatic N) is 3. The highest BCUT2D eigenvalue weighted by Crippen LogP contribution is 2.44. The summed E-state index contributed by atoms with van der Waals surface area (Å²) in [5.74, 6) is -0.353. The Balaban J connectivity index is 1.39. The number of hydrogen-bond donors (Lipinski definition) is 1. The van der Waals surface area contributed by atoms with Crippen LogP contribution in [0.5, 0.6) is 0 Å². The van der Waals surface area contributed by atoms with E-state index in [0.29, 0.717) is 38.9 Å². The number of amides is 1. The number of aliphatic hydroxyl groups is 1. The zero-order valence-corrected chi connectivity index (χ0v) is 15.3. The van der Waals surface area contributed by atoms with Gasteiger partial charge in [-0.1, -0.05) is 0 Å². The molecule has 0 atom stereocenters. The number of anilines is 1. The van der Waals surface area contributed by atoms with E-state index >= 15 is 0 Å². The fourth-order valence-corrected chi connectivity index (χ4v) is 4.21. The Morgan fingerprint density at radius 1 is 1.08 bits per heavy atom. The van der Waals surface area contributed by atoms with Crippen molar-refractivity contribution in [3.63, 3.8) is 0 Å². The molecule has 1 amide bonds. The number of aromatic nitrogens is 1. The van der Waals surface area contributed by atoms with Crippen LogP contribution in [-0.4, -0.2) is 66.1 Å². The van der Waals surface area contributed by atoms with Crippen molar-refractivity contribution in [2.75, 3.05) is 44.3 Å². The van der Waals surface area contributed by atoms with Gasteiger partial charge in [0.1, 0.15) is 5.60 Å².